The first-order valence-electron chi connectivity index (χ1n) is 6.54. The summed E-state index contributed by atoms with van der Waals surface area (Å²) in [6.07, 6.45) is 0. The molecule has 1 aromatic heterocycles. The molecule has 3 rings (SSSR count). The Hall–Kier alpha value is -2.01. The molecule has 2 heterocycles. The highest BCUT2D eigenvalue weighted by Gasteiger charge is 2.32. The number of nitrogens with zero attached hydrogens (tertiary/aromatic N) is 1. The summed E-state index contributed by atoms with van der Waals surface area (Å²) in [4.78, 5) is 10.1. The van der Waals surface area contributed by atoms with Gasteiger partial charge in [-0.2, -0.15) is 0 Å². The molecule has 0 amide bonds. The molecule has 1 atom stereocenters. The lowest BCUT2D eigenvalue weighted by atomic mass is 9.86. The molecular weight excluding hydrogens is 294 g/mol. The summed E-state index contributed by atoms with van der Waals surface area (Å²) in [5.74, 6) is 0.915. The maximum Gasteiger partial charge on any atom is 0.433 e. The lowest BCUT2D eigenvalue weighted by molar-refractivity contribution is -0.402. The van der Waals surface area contributed by atoms with Crippen LogP contribution in [0.5, 0.6) is 5.75 Å². The summed E-state index contributed by atoms with van der Waals surface area (Å²) in [5, 5.41) is 10.1. The van der Waals surface area contributed by atoms with Gasteiger partial charge in [0.05, 0.1) is 12.7 Å². The van der Waals surface area contributed by atoms with Crippen molar-refractivity contribution in [2.24, 2.45) is 0 Å². The van der Waals surface area contributed by atoms with Crippen LogP contribution in [0.1, 0.15) is 36.1 Å². The van der Waals surface area contributed by atoms with Gasteiger partial charge in [-0.05, 0) is 23.8 Å². The maximum atomic E-state index is 10.7. The Morgan fingerprint density at radius 2 is 2.10 bits per heavy atom. The van der Waals surface area contributed by atoms with E-state index in [-0.39, 0.29) is 11.3 Å². The Kier molecular flexibility index (Phi) is 3.17. The van der Waals surface area contributed by atoms with Crippen molar-refractivity contribution < 1.29 is 14.1 Å². The number of ether oxygens (including phenoxy) is 1. The molecule has 0 radical (unpaired) electrons. The molecule has 1 aromatic carbocycles. The van der Waals surface area contributed by atoms with E-state index < -0.39 is 10.3 Å². The number of hydrogen-bond acceptors (Lipinski definition) is 4. The van der Waals surface area contributed by atoms with Gasteiger partial charge in [0.25, 0.3) is 0 Å². The van der Waals surface area contributed by atoms with Crippen molar-refractivity contribution in [1.29, 1.82) is 0 Å². The largest absolute Gasteiger partial charge is 0.492 e. The van der Waals surface area contributed by atoms with E-state index in [2.05, 4.69) is 13.8 Å². The van der Waals surface area contributed by atoms with Crippen molar-refractivity contribution in [1.82, 2.24) is 0 Å². The fraction of sp³-hybridized carbons (Fsp3) is 0.333. The van der Waals surface area contributed by atoms with Crippen molar-refractivity contribution in [3.05, 3.63) is 57.3 Å². The summed E-state index contributed by atoms with van der Waals surface area (Å²) in [5.41, 5.74) is 1.85. The number of alkyl halides is 1. The van der Waals surface area contributed by atoms with Crippen LogP contribution < -0.4 is 4.74 Å². The second-order valence-electron chi connectivity index (χ2n) is 5.72. The van der Waals surface area contributed by atoms with Crippen molar-refractivity contribution in [2.45, 2.75) is 24.6 Å². The molecule has 110 valence electrons. The van der Waals surface area contributed by atoms with E-state index in [9.17, 15) is 10.1 Å². The van der Waals surface area contributed by atoms with Crippen molar-refractivity contribution in [3.8, 4) is 5.75 Å². The first-order chi connectivity index (χ1) is 9.88. The number of hydrogen-bond donors (Lipinski definition) is 0. The summed E-state index contributed by atoms with van der Waals surface area (Å²) in [6.45, 7) is 4.83. The molecule has 5 nitrogen and oxygen atoms in total. The minimum Gasteiger partial charge on any atom is -0.492 e. The fourth-order valence-electron chi connectivity index (χ4n) is 2.44. The quantitative estimate of drug-likeness (QED) is 0.484. The molecule has 0 spiro atoms. The molecule has 0 saturated heterocycles. The highest BCUT2D eigenvalue weighted by molar-refractivity contribution is 6.22. The van der Waals surface area contributed by atoms with Crippen LogP contribution in [0.2, 0.25) is 0 Å². The van der Waals surface area contributed by atoms with Gasteiger partial charge in [-0.25, -0.2) is 0 Å². The molecule has 0 fully saturated rings. The number of rotatable bonds is 3. The first-order valence-corrected chi connectivity index (χ1v) is 6.97. The highest BCUT2D eigenvalue weighted by Crippen LogP contribution is 2.41. The zero-order valence-electron chi connectivity index (χ0n) is 11.6. The monoisotopic (exact) mass is 307 g/mol. The number of nitro groups is 1. The van der Waals surface area contributed by atoms with E-state index >= 15 is 0 Å². The fourth-order valence-corrected chi connectivity index (χ4v) is 2.69. The Bertz CT molecular complexity index is 707. The maximum absolute atomic E-state index is 10.7. The van der Waals surface area contributed by atoms with Gasteiger partial charge in [0, 0.05) is 11.0 Å². The number of fused-ring (bicyclic) bond motifs is 1. The standard InChI is InChI=1S/C15H14ClNO4/c1-15(2)8-20-11-4-3-9(7-10(11)15)14(16)12-5-6-13(21-12)17(18)19/h3-7,14H,8H2,1-2H3. The van der Waals surface area contributed by atoms with Gasteiger partial charge < -0.3 is 9.15 Å². The van der Waals surface area contributed by atoms with Crippen LogP contribution in [0.3, 0.4) is 0 Å². The van der Waals surface area contributed by atoms with Crippen LogP contribution in [0.15, 0.2) is 34.7 Å². The van der Waals surface area contributed by atoms with Crippen LogP contribution in [-0.4, -0.2) is 11.5 Å². The lowest BCUT2D eigenvalue weighted by Crippen LogP contribution is -2.18. The van der Waals surface area contributed by atoms with Crippen LogP contribution in [0.25, 0.3) is 0 Å². The highest BCUT2D eigenvalue weighted by atomic mass is 35.5. The molecular formula is C15H14ClNO4. The molecule has 2 aromatic rings. The van der Waals surface area contributed by atoms with Gasteiger partial charge in [0.1, 0.15) is 21.8 Å². The number of halogens is 1. The predicted octanol–water partition coefficient (Wildman–Crippen LogP) is 4.19. The van der Waals surface area contributed by atoms with E-state index in [1.165, 1.54) is 12.1 Å². The van der Waals surface area contributed by atoms with Crippen LogP contribution >= 0.6 is 11.6 Å². The van der Waals surface area contributed by atoms with Crippen LogP contribution in [0.4, 0.5) is 5.88 Å². The molecule has 0 saturated carbocycles. The van der Waals surface area contributed by atoms with E-state index in [1.54, 1.807) is 0 Å². The second kappa shape index (κ2) is 4.77. The van der Waals surface area contributed by atoms with E-state index in [0.717, 1.165) is 16.9 Å². The third-order valence-corrected chi connectivity index (χ3v) is 4.12. The topological polar surface area (TPSA) is 65.5 Å². The normalized spacial score (nSPS) is 17.1. The Morgan fingerprint density at radius 3 is 2.76 bits per heavy atom. The Morgan fingerprint density at radius 1 is 1.33 bits per heavy atom. The number of benzene rings is 1. The van der Waals surface area contributed by atoms with Gasteiger partial charge in [0.15, 0.2) is 0 Å². The van der Waals surface area contributed by atoms with Crippen LogP contribution in [0, 0.1) is 10.1 Å². The molecule has 0 aliphatic carbocycles. The summed E-state index contributed by atoms with van der Waals surface area (Å²) >= 11 is 6.39. The summed E-state index contributed by atoms with van der Waals surface area (Å²) in [6, 6.07) is 8.56. The molecule has 21 heavy (non-hydrogen) atoms. The van der Waals surface area contributed by atoms with Crippen LogP contribution in [-0.2, 0) is 5.41 Å². The minimum absolute atomic E-state index is 0.0723. The van der Waals surface area contributed by atoms with Crippen molar-refractivity contribution >= 4 is 17.5 Å². The number of furan rings is 1. The summed E-state index contributed by atoms with van der Waals surface area (Å²) < 4.78 is 10.8. The average molecular weight is 308 g/mol. The third-order valence-electron chi connectivity index (χ3n) is 3.66. The van der Waals surface area contributed by atoms with E-state index in [4.69, 9.17) is 20.8 Å². The third kappa shape index (κ3) is 2.38. The molecule has 1 aliphatic rings. The Labute approximate surface area is 126 Å². The SMILES string of the molecule is CC1(C)COc2ccc(C(Cl)c3ccc([N+](=O)[O-])o3)cc21. The smallest absolute Gasteiger partial charge is 0.433 e. The van der Waals surface area contributed by atoms with Gasteiger partial charge >= 0.3 is 5.88 Å². The van der Waals surface area contributed by atoms with Crippen molar-refractivity contribution in [3.63, 3.8) is 0 Å². The van der Waals surface area contributed by atoms with Gasteiger partial charge in [0.2, 0.25) is 0 Å². The van der Waals surface area contributed by atoms with Gasteiger partial charge in [-0.15, -0.1) is 11.6 Å². The van der Waals surface area contributed by atoms with E-state index in [0.29, 0.717) is 12.4 Å². The predicted molar refractivity (Wildman–Crippen MR) is 78.0 cm³/mol. The molecule has 0 N–H and O–H groups in total. The zero-order chi connectivity index (χ0) is 15.2. The molecule has 1 aliphatic heterocycles. The second-order valence-corrected chi connectivity index (χ2v) is 6.16. The van der Waals surface area contributed by atoms with Gasteiger partial charge in [-0.1, -0.05) is 19.9 Å². The van der Waals surface area contributed by atoms with Crippen molar-refractivity contribution in [2.75, 3.05) is 6.61 Å². The molecule has 1 unspecified atom stereocenters. The zero-order valence-corrected chi connectivity index (χ0v) is 12.4. The lowest BCUT2D eigenvalue weighted by Gasteiger charge is -2.16. The molecule has 0 bridgehead atoms. The Balaban J connectivity index is 1.95. The van der Waals surface area contributed by atoms with E-state index in [1.807, 2.05) is 18.2 Å². The average Bonchev–Trinajstić information content (AvgIpc) is 3.04. The molecule has 6 heteroatoms. The summed E-state index contributed by atoms with van der Waals surface area (Å²) in [7, 11) is 0. The van der Waals surface area contributed by atoms with Gasteiger partial charge in [-0.3, -0.25) is 10.1 Å². The first kappa shape index (κ1) is 13.9. The minimum atomic E-state index is -0.577.